The molecule has 8 nitrogen and oxygen atoms in total. The van der Waals surface area contributed by atoms with Crippen LogP contribution in [0.15, 0.2) is 36.5 Å². The summed E-state index contributed by atoms with van der Waals surface area (Å²) < 4.78 is 1.46. The molecule has 138 valence electrons. The predicted octanol–water partition coefficient (Wildman–Crippen LogP) is 2.42. The molecule has 1 atom stereocenters. The van der Waals surface area contributed by atoms with Crippen LogP contribution in [0.2, 0.25) is 0 Å². The van der Waals surface area contributed by atoms with Crippen LogP contribution in [-0.4, -0.2) is 33.2 Å². The maximum Gasteiger partial charge on any atom is 0.272 e. The molecule has 1 saturated carbocycles. The molecular weight excluding hydrogens is 334 g/mol. The predicted molar refractivity (Wildman–Crippen MR) is 97.1 cm³/mol. The highest BCUT2D eigenvalue weighted by atomic mass is 16.6. The Bertz CT molecular complexity index is 783. The highest BCUT2D eigenvalue weighted by Crippen LogP contribution is 2.26. The van der Waals surface area contributed by atoms with Crippen molar-refractivity contribution < 1.29 is 9.72 Å². The number of nitro groups is 1. The number of hydrogen-bond donors (Lipinski definition) is 2. The molecular formula is C18H23N5O3. The van der Waals surface area contributed by atoms with E-state index in [1.165, 1.54) is 36.1 Å². The monoisotopic (exact) mass is 357 g/mol. The zero-order valence-corrected chi connectivity index (χ0v) is 14.5. The van der Waals surface area contributed by atoms with Crippen LogP contribution >= 0.6 is 0 Å². The zero-order chi connectivity index (χ0) is 18.5. The van der Waals surface area contributed by atoms with Crippen molar-refractivity contribution in [2.24, 2.45) is 11.7 Å². The molecule has 2 aromatic rings. The first kappa shape index (κ1) is 18.1. The third-order valence-corrected chi connectivity index (χ3v) is 4.92. The van der Waals surface area contributed by atoms with E-state index >= 15 is 0 Å². The Balaban J connectivity index is 1.71. The summed E-state index contributed by atoms with van der Waals surface area (Å²) in [5.74, 6) is 0.145. The molecule has 1 unspecified atom stereocenters. The number of nitrogens with zero attached hydrogens (tertiary/aromatic N) is 3. The van der Waals surface area contributed by atoms with E-state index < -0.39 is 4.92 Å². The number of nitrogens with one attached hydrogen (secondary N) is 1. The Morgan fingerprint density at radius 2 is 2.12 bits per heavy atom. The van der Waals surface area contributed by atoms with Crippen LogP contribution in [0.4, 0.5) is 5.69 Å². The number of rotatable bonds is 6. The highest BCUT2D eigenvalue weighted by Gasteiger charge is 2.25. The summed E-state index contributed by atoms with van der Waals surface area (Å²) in [4.78, 5) is 23.0. The number of hydrogen-bond acceptors (Lipinski definition) is 5. The fourth-order valence-corrected chi connectivity index (χ4v) is 3.49. The molecule has 1 amide bonds. The summed E-state index contributed by atoms with van der Waals surface area (Å²) in [5, 5.41) is 18.2. The minimum atomic E-state index is -0.462. The van der Waals surface area contributed by atoms with Crippen molar-refractivity contribution in [3.63, 3.8) is 0 Å². The van der Waals surface area contributed by atoms with Gasteiger partial charge in [-0.3, -0.25) is 14.9 Å². The van der Waals surface area contributed by atoms with Crippen LogP contribution in [0.3, 0.4) is 0 Å². The Morgan fingerprint density at radius 1 is 1.35 bits per heavy atom. The average Bonchev–Trinajstić information content (AvgIpc) is 3.17. The number of benzene rings is 1. The molecule has 1 aliphatic rings. The lowest BCUT2D eigenvalue weighted by atomic mass is 9.84. The molecule has 3 N–H and O–H groups in total. The second kappa shape index (κ2) is 8.09. The minimum Gasteiger partial charge on any atom is -0.346 e. The summed E-state index contributed by atoms with van der Waals surface area (Å²) >= 11 is 0. The van der Waals surface area contributed by atoms with Gasteiger partial charge in [-0.1, -0.05) is 25.3 Å². The number of nitro benzene ring substituents is 1. The lowest BCUT2D eigenvalue weighted by Crippen LogP contribution is -2.46. The zero-order valence-electron chi connectivity index (χ0n) is 14.5. The molecule has 0 spiro atoms. The van der Waals surface area contributed by atoms with Crippen LogP contribution in [0, 0.1) is 16.0 Å². The van der Waals surface area contributed by atoms with Gasteiger partial charge in [0, 0.05) is 30.9 Å². The molecule has 0 aliphatic heterocycles. The first-order chi connectivity index (χ1) is 12.6. The topological polar surface area (TPSA) is 116 Å². The first-order valence-electron chi connectivity index (χ1n) is 8.90. The lowest BCUT2D eigenvalue weighted by molar-refractivity contribution is -0.384. The van der Waals surface area contributed by atoms with Gasteiger partial charge in [0.15, 0.2) is 5.69 Å². The number of non-ortho nitro benzene ring substituents is 1. The van der Waals surface area contributed by atoms with Crippen molar-refractivity contribution in [3.8, 4) is 5.69 Å². The van der Waals surface area contributed by atoms with Crippen LogP contribution in [-0.2, 0) is 0 Å². The van der Waals surface area contributed by atoms with Gasteiger partial charge in [-0.05, 0) is 30.9 Å². The fraction of sp³-hybridized carbons (Fsp3) is 0.444. The van der Waals surface area contributed by atoms with E-state index in [0.29, 0.717) is 18.2 Å². The first-order valence-corrected chi connectivity index (χ1v) is 8.90. The second-order valence-corrected chi connectivity index (χ2v) is 6.64. The molecule has 1 aromatic heterocycles. The normalized spacial score (nSPS) is 16.2. The van der Waals surface area contributed by atoms with Gasteiger partial charge >= 0.3 is 0 Å². The standard InChI is InChI=1S/C18H23N5O3/c19-12-17(13-5-2-1-3-6-13)20-18(24)16-9-10-22(21-16)14-7-4-8-15(11-14)23(25)26/h4,7-11,13,17H,1-3,5-6,12,19H2,(H,20,24). The Hall–Kier alpha value is -2.74. The van der Waals surface area contributed by atoms with Crippen molar-refractivity contribution >= 4 is 11.6 Å². The van der Waals surface area contributed by atoms with Gasteiger partial charge in [0.05, 0.1) is 10.6 Å². The van der Waals surface area contributed by atoms with Crippen molar-refractivity contribution in [2.45, 2.75) is 38.1 Å². The van der Waals surface area contributed by atoms with Crippen molar-refractivity contribution in [3.05, 3.63) is 52.3 Å². The van der Waals surface area contributed by atoms with Gasteiger partial charge in [-0.15, -0.1) is 0 Å². The van der Waals surface area contributed by atoms with E-state index in [2.05, 4.69) is 10.4 Å². The molecule has 1 aliphatic carbocycles. The van der Waals surface area contributed by atoms with Crippen molar-refractivity contribution in [1.29, 1.82) is 0 Å². The summed E-state index contributed by atoms with van der Waals surface area (Å²) in [6.45, 7) is 0.405. The van der Waals surface area contributed by atoms with Crippen molar-refractivity contribution in [1.82, 2.24) is 15.1 Å². The summed E-state index contributed by atoms with van der Waals surface area (Å²) in [6, 6.07) is 7.67. The average molecular weight is 357 g/mol. The maximum absolute atomic E-state index is 12.5. The fourth-order valence-electron chi connectivity index (χ4n) is 3.49. The third kappa shape index (κ3) is 4.08. The quantitative estimate of drug-likeness (QED) is 0.608. The second-order valence-electron chi connectivity index (χ2n) is 6.64. The van der Waals surface area contributed by atoms with Crippen LogP contribution in [0.1, 0.15) is 42.6 Å². The summed E-state index contributed by atoms with van der Waals surface area (Å²) in [6.07, 6.45) is 7.40. The molecule has 0 bridgehead atoms. The number of amides is 1. The van der Waals surface area contributed by atoms with E-state index in [1.807, 2.05) is 0 Å². The minimum absolute atomic E-state index is 0.0236. The van der Waals surface area contributed by atoms with E-state index in [4.69, 9.17) is 5.73 Å². The molecule has 3 rings (SSSR count). The number of carbonyl (C=O) groups is 1. The number of carbonyl (C=O) groups excluding carboxylic acids is 1. The van der Waals surface area contributed by atoms with E-state index in [-0.39, 0.29) is 23.3 Å². The van der Waals surface area contributed by atoms with Crippen LogP contribution < -0.4 is 11.1 Å². The van der Waals surface area contributed by atoms with Crippen LogP contribution in [0.25, 0.3) is 5.69 Å². The van der Waals surface area contributed by atoms with Gasteiger partial charge in [0.2, 0.25) is 0 Å². The molecule has 0 saturated heterocycles. The largest absolute Gasteiger partial charge is 0.346 e. The highest BCUT2D eigenvalue weighted by molar-refractivity contribution is 5.92. The Kier molecular flexibility index (Phi) is 5.62. The molecule has 1 fully saturated rings. The SMILES string of the molecule is NCC(NC(=O)c1ccn(-c2cccc([N+](=O)[O-])c2)n1)C1CCCCC1. The van der Waals surface area contributed by atoms with E-state index in [0.717, 1.165) is 12.8 Å². The van der Waals surface area contributed by atoms with E-state index in [9.17, 15) is 14.9 Å². The maximum atomic E-state index is 12.5. The van der Waals surface area contributed by atoms with Gasteiger partial charge < -0.3 is 11.1 Å². The van der Waals surface area contributed by atoms with Gasteiger partial charge in [-0.2, -0.15) is 5.10 Å². The summed E-state index contributed by atoms with van der Waals surface area (Å²) in [7, 11) is 0. The molecule has 1 aromatic carbocycles. The molecule has 26 heavy (non-hydrogen) atoms. The van der Waals surface area contributed by atoms with E-state index in [1.54, 1.807) is 24.4 Å². The smallest absolute Gasteiger partial charge is 0.272 e. The summed E-state index contributed by atoms with van der Waals surface area (Å²) in [5.41, 5.74) is 6.64. The molecule has 8 heteroatoms. The van der Waals surface area contributed by atoms with Crippen LogP contribution in [0.5, 0.6) is 0 Å². The Labute approximate surface area is 151 Å². The van der Waals surface area contributed by atoms with Gasteiger partial charge in [-0.25, -0.2) is 4.68 Å². The number of aromatic nitrogens is 2. The lowest BCUT2D eigenvalue weighted by Gasteiger charge is -2.29. The molecule has 1 heterocycles. The third-order valence-electron chi connectivity index (χ3n) is 4.92. The van der Waals surface area contributed by atoms with Crippen molar-refractivity contribution in [2.75, 3.05) is 6.54 Å². The van der Waals surface area contributed by atoms with Gasteiger partial charge in [0.1, 0.15) is 0 Å². The number of nitrogens with two attached hydrogens (primary N) is 1. The Morgan fingerprint density at radius 3 is 2.81 bits per heavy atom. The molecule has 0 radical (unpaired) electrons. The van der Waals surface area contributed by atoms with Gasteiger partial charge in [0.25, 0.3) is 11.6 Å².